The Hall–Kier alpha value is -2.66. The van der Waals surface area contributed by atoms with Crippen LogP contribution in [0.3, 0.4) is 0 Å². The number of anilines is 2. The molecule has 1 aliphatic heterocycles. The molecule has 5 rings (SSSR count). The Morgan fingerprint density at radius 2 is 2.10 bits per heavy atom. The Kier molecular flexibility index (Phi) is 5.30. The van der Waals surface area contributed by atoms with Gasteiger partial charge in [0.05, 0.1) is 11.4 Å². The molecule has 2 aliphatic rings. The van der Waals surface area contributed by atoms with Gasteiger partial charge in [-0.25, -0.2) is 4.39 Å². The smallest absolute Gasteiger partial charge is 0.126 e. The highest BCUT2D eigenvalue weighted by atomic mass is 35.5. The zero-order valence-corrected chi connectivity index (χ0v) is 18.6. The minimum atomic E-state index is -0.358. The van der Waals surface area contributed by atoms with E-state index in [4.69, 9.17) is 11.6 Å². The first kappa shape index (κ1) is 20.3. The molecule has 1 aromatic carbocycles. The number of benzene rings is 1. The zero-order chi connectivity index (χ0) is 21.5. The number of H-pyrrole nitrogens is 2. The normalized spacial score (nSPS) is 16.0. The molecule has 1 saturated carbocycles. The van der Waals surface area contributed by atoms with Crippen LogP contribution in [0.25, 0.3) is 17.0 Å². The average molecular weight is 439 g/mol. The second-order valence-corrected chi connectivity index (χ2v) is 9.21. The van der Waals surface area contributed by atoms with Crippen LogP contribution in [-0.2, 0) is 12.8 Å². The Morgan fingerprint density at radius 1 is 1.26 bits per heavy atom. The number of halogens is 2. The number of aromatic nitrogens is 2. The first-order valence-electron chi connectivity index (χ1n) is 11.1. The van der Waals surface area contributed by atoms with Crippen molar-refractivity contribution in [2.75, 3.05) is 11.9 Å². The van der Waals surface area contributed by atoms with Gasteiger partial charge in [-0.2, -0.15) is 0 Å². The van der Waals surface area contributed by atoms with Crippen LogP contribution in [0.4, 0.5) is 15.8 Å². The molecule has 1 aliphatic carbocycles. The van der Waals surface area contributed by atoms with Gasteiger partial charge in [-0.3, -0.25) is 0 Å². The molecule has 31 heavy (non-hydrogen) atoms. The molecule has 162 valence electrons. The highest BCUT2D eigenvalue weighted by Crippen LogP contribution is 2.42. The summed E-state index contributed by atoms with van der Waals surface area (Å²) in [6.07, 6.45) is 11.4. The van der Waals surface area contributed by atoms with Crippen LogP contribution < -0.4 is 10.6 Å². The Balaban J connectivity index is 1.57. The lowest BCUT2D eigenvalue weighted by Crippen LogP contribution is -2.21. The van der Waals surface area contributed by atoms with Crippen LogP contribution in [0, 0.1) is 18.7 Å². The first-order chi connectivity index (χ1) is 15.0. The lowest BCUT2D eigenvalue weighted by molar-refractivity contribution is 0.296. The minimum absolute atomic E-state index is 0.358. The Morgan fingerprint density at radius 3 is 2.87 bits per heavy atom. The molecule has 2 aromatic heterocycles. The molecule has 3 heterocycles. The highest BCUT2D eigenvalue weighted by Gasteiger charge is 2.26. The number of rotatable bonds is 6. The van der Waals surface area contributed by atoms with Crippen molar-refractivity contribution in [3.05, 3.63) is 64.3 Å². The van der Waals surface area contributed by atoms with Gasteiger partial charge in [0.2, 0.25) is 0 Å². The van der Waals surface area contributed by atoms with E-state index in [1.165, 1.54) is 43.4 Å². The summed E-state index contributed by atoms with van der Waals surface area (Å²) >= 11 is 6.26. The fourth-order valence-electron chi connectivity index (χ4n) is 4.71. The van der Waals surface area contributed by atoms with Gasteiger partial charge < -0.3 is 20.6 Å². The summed E-state index contributed by atoms with van der Waals surface area (Å²) in [5.74, 6) is 0.502. The quantitative estimate of drug-likeness (QED) is 0.346. The molecular formula is C25H28ClFN4. The van der Waals surface area contributed by atoms with Gasteiger partial charge in [-0.15, -0.1) is 0 Å². The molecule has 0 radical (unpaired) electrons. The summed E-state index contributed by atoms with van der Waals surface area (Å²) in [6, 6.07) is 2.85. The Bertz CT molecular complexity index is 1140. The second-order valence-electron chi connectivity index (χ2n) is 8.80. The van der Waals surface area contributed by atoms with Crippen LogP contribution in [0.15, 0.2) is 31.1 Å². The van der Waals surface area contributed by atoms with Crippen molar-refractivity contribution < 1.29 is 4.39 Å². The third kappa shape index (κ3) is 3.76. The molecule has 1 fully saturated rings. The third-order valence-corrected chi connectivity index (χ3v) is 7.20. The monoisotopic (exact) mass is 438 g/mol. The number of aryl methyl sites for hydroxylation is 1. The summed E-state index contributed by atoms with van der Waals surface area (Å²) in [7, 11) is 0. The van der Waals surface area contributed by atoms with Gasteiger partial charge in [-0.1, -0.05) is 37.4 Å². The molecule has 0 unspecified atom stereocenters. The molecule has 3 aromatic rings. The highest BCUT2D eigenvalue weighted by molar-refractivity contribution is 6.31. The summed E-state index contributed by atoms with van der Waals surface area (Å²) < 4.78 is 14.1. The summed E-state index contributed by atoms with van der Waals surface area (Å²) in [6.45, 7) is 6.98. The molecule has 0 bridgehead atoms. The van der Waals surface area contributed by atoms with Crippen molar-refractivity contribution in [2.24, 2.45) is 5.92 Å². The van der Waals surface area contributed by atoms with E-state index in [0.717, 1.165) is 64.8 Å². The zero-order valence-electron chi connectivity index (χ0n) is 17.8. The average Bonchev–Trinajstić information content (AvgIpc) is 3.29. The summed E-state index contributed by atoms with van der Waals surface area (Å²) in [5.41, 5.74) is 8.93. The van der Waals surface area contributed by atoms with Gasteiger partial charge in [0.1, 0.15) is 5.82 Å². The first-order valence-corrected chi connectivity index (χ1v) is 11.5. The topological polar surface area (TPSA) is 55.6 Å². The van der Waals surface area contributed by atoms with E-state index in [1.807, 2.05) is 6.92 Å². The van der Waals surface area contributed by atoms with Gasteiger partial charge >= 0.3 is 0 Å². The minimum Gasteiger partial charge on any atom is -0.385 e. The SMILES string of the molecule is C=C1NCCc2[nH]c(-c3c[nH]cc3CCC3CCC3)c(Nc3cc(F)cc(Cl)c3C)c21. The van der Waals surface area contributed by atoms with E-state index >= 15 is 0 Å². The fraction of sp³-hybridized carbons (Fsp3) is 0.360. The molecule has 4 nitrogen and oxygen atoms in total. The number of hydrogen-bond donors (Lipinski definition) is 4. The van der Waals surface area contributed by atoms with Crippen molar-refractivity contribution in [3.63, 3.8) is 0 Å². The largest absolute Gasteiger partial charge is 0.385 e. The predicted octanol–water partition coefficient (Wildman–Crippen LogP) is 6.70. The van der Waals surface area contributed by atoms with E-state index in [9.17, 15) is 4.39 Å². The third-order valence-electron chi connectivity index (χ3n) is 6.81. The van der Waals surface area contributed by atoms with E-state index in [0.29, 0.717) is 10.7 Å². The Labute approximate surface area is 187 Å². The summed E-state index contributed by atoms with van der Waals surface area (Å²) in [5, 5.41) is 7.27. The van der Waals surface area contributed by atoms with Crippen LogP contribution >= 0.6 is 11.6 Å². The molecule has 0 saturated heterocycles. The number of nitrogens with one attached hydrogen (secondary N) is 4. The van der Waals surface area contributed by atoms with Gasteiger partial charge in [0.25, 0.3) is 0 Å². The van der Waals surface area contributed by atoms with Crippen LogP contribution in [0.5, 0.6) is 0 Å². The van der Waals surface area contributed by atoms with Crippen molar-refractivity contribution >= 4 is 28.7 Å². The lowest BCUT2D eigenvalue weighted by Gasteiger charge is -2.25. The van der Waals surface area contributed by atoms with E-state index in [1.54, 1.807) is 0 Å². The fourth-order valence-corrected chi connectivity index (χ4v) is 4.92. The van der Waals surface area contributed by atoms with Crippen molar-refractivity contribution in [1.82, 2.24) is 15.3 Å². The number of fused-ring (bicyclic) bond motifs is 1. The van der Waals surface area contributed by atoms with Gasteiger partial charge in [0.15, 0.2) is 0 Å². The molecule has 4 N–H and O–H groups in total. The number of aromatic amines is 2. The second kappa shape index (κ2) is 8.12. The predicted molar refractivity (Wildman–Crippen MR) is 126 cm³/mol. The van der Waals surface area contributed by atoms with Crippen molar-refractivity contribution in [1.29, 1.82) is 0 Å². The summed E-state index contributed by atoms with van der Waals surface area (Å²) in [4.78, 5) is 6.95. The molecule has 0 amide bonds. The van der Waals surface area contributed by atoms with Crippen molar-refractivity contribution in [2.45, 2.75) is 45.4 Å². The van der Waals surface area contributed by atoms with Crippen LogP contribution in [-0.4, -0.2) is 16.5 Å². The van der Waals surface area contributed by atoms with E-state index < -0.39 is 0 Å². The van der Waals surface area contributed by atoms with Crippen molar-refractivity contribution in [3.8, 4) is 11.3 Å². The van der Waals surface area contributed by atoms with E-state index in [2.05, 4.69) is 39.6 Å². The van der Waals surface area contributed by atoms with Crippen LogP contribution in [0.2, 0.25) is 5.02 Å². The number of hydrogen-bond acceptors (Lipinski definition) is 2. The van der Waals surface area contributed by atoms with Gasteiger partial charge in [0, 0.05) is 58.6 Å². The van der Waals surface area contributed by atoms with Crippen LogP contribution in [0.1, 0.15) is 48.1 Å². The molecule has 0 atom stereocenters. The molecule has 0 spiro atoms. The lowest BCUT2D eigenvalue weighted by atomic mass is 9.81. The van der Waals surface area contributed by atoms with Gasteiger partial charge in [-0.05, 0) is 48.9 Å². The molecule has 6 heteroatoms. The molecular weight excluding hydrogens is 411 g/mol. The standard InChI is InChI=1S/C25H28ClFN4/c1-14-20(26)10-18(27)11-22(14)31-25-23-15(2)29-9-8-21(23)30-24(25)19-13-28-12-17(19)7-6-16-4-3-5-16/h10-13,16,28-31H,2-9H2,1H3. The maximum absolute atomic E-state index is 14.1. The maximum atomic E-state index is 14.1. The van der Waals surface area contributed by atoms with E-state index in [-0.39, 0.29) is 5.82 Å². The maximum Gasteiger partial charge on any atom is 0.126 e.